The lowest BCUT2D eigenvalue weighted by atomic mass is 9.90. The van der Waals surface area contributed by atoms with Crippen molar-refractivity contribution in [3.8, 4) is 5.75 Å². The maximum atomic E-state index is 14.8. The van der Waals surface area contributed by atoms with Gasteiger partial charge in [-0.25, -0.2) is 12.8 Å². The molecule has 11 heteroatoms. The van der Waals surface area contributed by atoms with E-state index in [1.54, 1.807) is 6.07 Å². The maximum absolute atomic E-state index is 14.8. The number of hydrogen-bond acceptors (Lipinski definition) is 5. The number of halogens is 5. The van der Waals surface area contributed by atoms with Gasteiger partial charge >= 0.3 is 6.18 Å². The van der Waals surface area contributed by atoms with Gasteiger partial charge in [0.15, 0.2) is 9.84 Å². The zero-order valence-corrected chi connectivity index (χ0v) is 26.2. The van der Waals surface area contributed by atoms with Gasteiger partial charge in [0.05, 0.1) is 22.1 Å². The van der Waals surface area contributed by atoms with Crippen molar-refractivity contribution < 1.29 is 35.8 Å². The highest BCUT2D eigenvalue weighted by molar-refractivity contribution is 7.90. The normalized spacial score (nSPS) is 12.2. The first-order valence-electron chi connectivity index (χ1n) is 14.3. The Kier molecular flexibility index (Phi) is 11.7. The average Bonchev–Trinajstić information content (AvgIpc) is 2.99. The standard InChI is InChI=1S/C34H34ClF4NO4S/c1-45(42,43)32-21-27(20-31(36)28(32)16-18-41)44-19-9-17-40(22-26-14-8-15-30(33(26)35)34(37,38)39)23-29(24-10-4-2-5-11-24)25-12-6-3-7-13-25/h2-8,10-15,20-21,29,41H,9,16-19,22-23H2,1H3. The number of sulfone groups is 1. The molecule has 0 heterocycles. The van der Waals surface area contributed by atoms with Crippen molar-refractivity contribution in [1.82, 2.24) is 4.90 Å². The zero-order chi connectivity index (χ0) is 32.6. The van der Waals surface area contributed by atoms with Crippen LogP contribution in [-0.4, -0.2) is 51.0 Å². The summed E-state index contributed by atoms with van der Waals surface area (Å²) >= 11 is 6.28. The van der Waals surface area contributed by atoms with E-state index < -0.39 is 34.0 Å². The van der Waals surface area contributed by atoms with E-state index in [0.29, 0.717) is 25.1 Å². The molecule has 45 heavy (non-hydrogen) atoms. The third kappa shape index (κ3) is 9.29. The number of alkyl halides is 3. The molecule has 240 valence electrons. The van der Waals surface area contributed by atoms with Crippen LogP contribution in [0.1, 0.15) is 40.2 Å². The predicted molar refractivity (Wildman–Crippen MR) is 167 cm³/mol. The third-order valence-corrected chi connectivity index (χ3v) is 9.01. The molecule has 0 saturated carbocycles. The van der Waals surface area contributed by atoms with E-state index in [9.17, 15) is 31.1 Å². The first-order valence-corrected chi connectivity index (χ1v) is 16.6. The SMILES string of the molecule is CS(=O)(=O)c1cc(OCCCN(Cc2cccc(C(F)(F)F)c2Cl)CC(c2ccccc2)c2ccccc2)cc(F)c1CCO. The van der Waals surface area contributed by atoms with Gasteiger partial charge in [0, 0.05) is 50.0 Å². The van der Waals surface area contributed by atoms with Crippen LogP contribution in [-0.2, 0) is 29.0 Å². The molecule has 0 saturated heterocycles. The third-order valence-electron chi connectivity index (χ3n) is 7.40. The van der Waals surface area contributed by atoms with E-state index in [0.717, 1.165) is 29.5 Å². The van der Waals surface area contributed by atoms with Crippen LogP contribution in [0, 0.1) is 5.82 Å². The zero-order valence-electron chi connectivity index (χ0n) is 24.6. The number of hydrogen-bond donors (Lipinski definition) is 1. The lowest BCUT2D eigenvalue weighted by Crippen LogP contribution is -2.31. The van der Waals surface area contributed by atoms with E-state index in [-0.39, 0.29) is 46.7 Å². The van der Waals surface area contributed by atoms with E-state index in [2.05, 4.69) is 0 Å². The second-order valence-electron chi connectivity index (χ2n) is 10.7. The molecular formula is C34H34ClF4NO4S. The van der Waals surface area contributed by atoms with Crippen LogP contribution < -0.4 is 4.74 Å². The highest BCUT2D eigenvalue weighted by atomic mass is 35.5. The summed E-state index contributed by atoms with van der Waals surface area (Å²) in [5.74, 6) is -0.881. The number of aliphatic hydroxyl groups excluding tert-OH is 1. The number of rotatable bonds is 14. The summed E-state index contributed by atoms with van der Waals surface area (Å²) in [6, 6.07) is 25.8. The van der Waals surface area contributed by atoms with E-state index in [1.165, 1.54) is 12.1 Å². The summed E-state index contributed by atoms with van der Waals surface area (Å²) in [5, 5.41) is 8.90. The van der Waals surface area contributed by atoms with Gasteiger partial charge in [0.25, 0.3) is 0 Å². The van der Waals surface area contributed by atoms with Crippen molar-refractivity contribution in [1.29, 1.82) is 0 Å². The largest absolute Gasteiger partial charge is 0.493 e. The molecule has 0 aliphatic carbocycles. The molecule has 0 atom stereocenters. The number of ether oxygens (including phenoxy) is 1. The van der Waals surface area contributed by atoms with Crippen molar-refractivity contribution in [3.05, 3.63) is 130 Å². The van der Waals surface area contributed by atoms with Crippen LogP contribution in [0.3, 0.4) is 0 Å². The quantitative estimate of drug-likeness (QED) is 0.112. The van der Waals surface area contributed by atoms with E-state index >= 15 is 0 Å². The Hall–Kier alpha value is -3.44. The molecule has 0 amide bonds. The number of nitrogens with zero attached hydrogens (tertiary/aromatic N) is 1. The minimum absolute atomic E-state index is 0.0218. The van der Waals surface area contributed by atoms with Crippen LogP contribution in [0.15, 0.2) is 95.9 Å². The van der Waals surface area contributed by atoms with Crippen LogP contribution >= 0.6 is 11.6 Å². The molecule has 0 aromatic heterocycles. The van der Waals surface area contributed by atoms with Crippen molar-refractivity contribution in [3.63, 3.8) is 0 Å². The lowest BCUT2D eigenvalue weighted by Gasteiger charge is -2.29. The summed E-state index contributed by atoms with van der Waals surface area (Å²) in [5.41, 5.74) is 1.38. The predicted octanol–water partition coefficient (Wildman–Crippen LogP) is 7.54. The molecule has 0 bridgehead atoms. The summed E-state index contributed by atoms with van der Waals surface area (Å²) < 4.78 is 86.0. The summed E-state index contributed by atoms with van der Waals surface area (Å²) in [6.45, 7) is 0.617. The highest BCUT2D eigenvalue weighted by Crippen LogP contribution is 2.37. The molecule has 0 fully saturated rings. The molecule has 4 rings (SSSR count). The van der Waals surface area contributed by atoms with Crippen LogP contribution in [0.25, 0.3) is 0 Å². The Morgan fingerprint density at radius 3 is 2.11 bits per heavy atom. The number of aliphatic hydroxyl groups is 1. The molecule has 1 N–H and O–H groups in total. The first-order chi connectivity index (χ1) is 21.4. The fourth-order valence-corrected chi connectivity index (χ4v) is 6.53. The average molecular weight is 664 g/mol. The van der Waals surface area contributed by atoms with Crippen molar-refractivity contribution in [2.75, 3.05) is 32.6 Å². The van der Waals surface area contributed by atoms with Crippen molar-refractivity contribution >= 4 is 21.4 Å². The summed E-state index contributed by atoms with van der Waals surface area (Å²) in [4.78, 5) is 1.75. The highest BCUT2D eigenvalue weighted by Gasteiger charge is 2.34. The van der Waals surface area contributed by atoms with Crippen LogP contribution in [0.2, 0.25) is 5.02 Å². The summed E-state index contributed by atoms with van der Waals surface area (Å²) in [6.07, 6.45) is -3.42. The van der Waals surface area contributed by atoms with Crippen molar-refractivity contribution in [2.45, 2.75) is 36.4 Å². The van der Waals surface area contributed by atoms with Gasteiger partial charge in [0.1, 0.15) is 11.6 Å². The Morgan fingerprint density at radius 2 is 1.56 bits per heavy atom. The Balaban J connectivity index is 1.58. The number of benzene rings is 4. The van der Waals surface area contributed by atoms with Crippen LogP contribution in [0.4, 0.5) is 17.6 Å². The van der Waals surface area contributed by atoms with Gasteiger partial charge in [-0.2, -0.15) is 13.2 Å². The van der Waals surface area contributed by atoms with E-state index in [1.807, 2.05) is 65.6 Å². The fraction of sp³-hybridized carbons (Fsp3) is 0.294. The first kappa shape index (κ1) is 34.4. The van der Waals surface area contributed by atoms with Crippen molar-refractivity contribution in [2.24, 2.45) is 0 Å². The van der Waals surface area contributed by atoms with Gasteiger partial charge in [-0.1, -0.05) is 84.4 Å². The minimum atomic E-state index is -4.60. The molecule has 5 nitrogen and oxygen atoms in total. The molecule has 4 aromatic carbocycles. The van der Waals surface area contributed by atoms with E-state index in [4.69, 9.17) is 16.3 Å². The van der Waals surface area contributed by atoms with Gasteiger partial charge < -0.3 is 9.84 Å². The Morgan fingerprint density at radius 1 is 0.933 bits per heavy atom. The second kappa shape index (κ2) is 15.2. The summed E-state index contributed by atoms with van der Waals surface area (Å²) in [7, 11) is -3.80. The molecule has 0 aliphatic heterocycles. The monoisotopic (exact) mass is 663 g/mol. The van der Waals surface area contributed by atoms with Crippen LogP contribution in [0.5, 0.6) is 5.75 Å². The Bertz CT molecular complexity index is 1630. The molecule has 0 unspecified atom stereocenters. The molecule has 0 aliphatic rings. The Labute approximate surface area is 266 Å². The molecule has 0 radical (unpaired) electrons. The minimum Gasteiger partial charge on any atom is -0.493 e. The lowest BCUT2D eigenvalue weighted by molar-refractivity contribution is -0.137. The van der Waals surface area contributed by atoms with Gasteiger partial charge in [0.2, 0.25) is 0 Å². The maximum Gasteiger partial charge on any atom is 0.417 e. The topological polar surface area (TPSA) is 66.8 Å². The second-order valence-corrected chi connectivity index (χ2v) is 13.1. The fourth-order valence-electron chi connectivity index (χ4n) is 5.26. The smallest absolute Gasteiger partial charge is 0.417 e. The van der Waals surface area contributed by atoms with Gasteiger partial charge in [-0.3, -0.25) is 4.90 Å². The van der Waals surface area contributed by atoms with Gasteiger partial charge in [-0.15, -0.1) is 0 Å². The molecular weight excluding hydrogens is 630 g/mol. The molecule has 0 spiro atoms. The molecule has 4 aromatic rings. The van der Waals surface area contributed by atoms with Gasteiger partial charge in [-0.05, 0) is 41.7 Å².